The molecule has 0 bridgehead atoms. The quantitative estimate of drug-likeness (QED) is 0.652. The predicted octanol–water partition coefficient (Wildman–Crippen LogP) is 5.18. The normalized spacial score (nSPS) is 12.6. The lowest BCUT2D eigenvalue weighted by Crippen LogP contribution is -2.08. The Kier molecular flexibility index (Phi) is 3.74. The minimum absolute atomic E-state index is 0.0200. The number of halogens is 3. The van der Waals surface area contributed by atoms with Gasteiger partial charge in [0.25, 0.3) is 0 Å². The molecule has 0 aliphatic carbocycles. The van der Waals surface area contributed by atoms with Gasteiger partial charge in [0.15, 0.2) is 0 Å². The van der Waals surface area contributed by atoms with Crippen LogP contribution in [0.3, 0.4) is 0 Å². The maximum atomic E-state index is 13.6. The van der Waals surface area contributed by atoms with Crippen LogP contribution in [0.4, 0.5) is 10.1 Å². The third kappa shape index (κ3) is 2.69. The SMILES string of the molecule is CC(Nc1cccc2cn[nH]c12)c1cc(F)c(Cl)cc1Cl. The Hall–Kier alpha value is -1.78. The van der Waals surface area contributed by atoms with Gasteiger partial charge in [0, 0.05) is 10.4 Å². The van der Waals surface area contributed by atoms with Gasteiger partial charge in [-0.05, 0) is 30.7 Å². The second-order valence-corrected chi connectivity index (χ2v) is 5.61. The van der Waals surface area contributed by atoms with Crippen LogP contribution in [0.5, 0.6) is 0 Å². The van der Waals surface area contributed by atoms with Gasteiger partial charge in [0.1, 0.15) is 5.82 Å². The highest BCUT2D eigenvalue weighted by molar-refractivity contribution is 6.35. The summed E-state index contributed by atoms with van der Waals surface area (Å²) in [6.07, 6.45) is 1.75. The third-order valence-electron chi connectivity index (χ3n) is 3.35. The van der Waals surface area contributed by atoms with Crippen LogP contribution in [-0.4, -0.2) is 10.2 Å². The molecule has 0 spiro atoms. The van der Waals surface area contributed by atoms with E-state index in [1.807, 2.05) is 25.1 Å². The summed E-state index contributed by atoms with van der Waals surface area (Å²) in [5.41, 5.74) is 2.42. The van der Waals surface area contributed by atoms with E-state index < -0.39 is 5.82 Å². The molecule has 1 unspecified atom stereocenters. The van der Waals surface area contributed by atoms with E-state index in [0.717, 1.165) is 16.6 Å². The number of benzene rings is 2. The number of rotatable bonds is 3. The molecule has 1 aromatic heterocycles. The number of hydrogen-bond donors (Lipinski definition) is 2. The summed E-state index contributed by atoms with van der Waals surface area (Å²) in [7, 11) is 0. The number of aromatic nitrogens is 2. The molecule has 0 saturated carbocycles. The van der Waals surface area contributed by atoms with Gasteiger partial charge in [-0.2, -0.15) is 5.10 Å². The maximum absolute atomic E-state index is 13.6. The van der Waals surface area contributed by atoms with Crippen molar-refractivity contribution in [2.45, 2.75) is 13.0 Å². The van der Waals surface area contributed by atoms with Gasteiger partial charge in [-0.1, -0.05) is 35.3 Å². The molecule has 3 rings (SSSR count). The van der Waals surface area contributed by atoms with Crippen molar-refractivity contribution in [1.82, 2.24) is 10.2 Å². The van der Waals surface area contributed by atoms with Crippen LogP contribution in [0.2, 0.25) is 10.0 Å². The zero-order valence-electron chi connectivity index (χ0n) is 11.1. The lowest BCUT2D eigenvalue weighted by atomic mass is 10.1. The van der Waals surface area contributed by atoms with Gasteiger partial charge in [-0.3, -0.25) is 5.10 Å². The summed E-state index contributed by atoms with van der Waals surface area (Å²) in [6, 6.07) is 8.41. The van der Waals surface area contributed by atoms with E-state index in [4.69, 9.17) is 23.2 Å². The predicted molar refractivity (Wildman–Crippen MR) is 84.6 cm³/mol. The Morgan fingerprint density at radius 2 is 2.05 bits per heavy atom. The molecule has 0 saturated heterocycles. The molecule has 6 heteroatoms. The summed E-state index contributed by atoms with van der Waals surface area (Å²) in [4.78, 5) is 0. The van der Waals surface area contributed by atoms with Crippen LogP contribution >= 0.6 is 23.2 Å². The Balaban J connectivity index is 1.95. The molecule has 108 valence electrons. The van der Waals surface area contributed by atoms with Gasteiger partial charge in [0.05, 0.1) is 28.5 Å². The molecule has 0 aliphatic heterocycles. The molecule has 21 heavy (non-hydrogen) atoms. The lowest BCUT2D eigenvalue weighted by Gasteiger charge is -2.18. The minimum Gasteiger partial charge on any atom is -0.377 e. The van der Waals surface area contributed by atoms with Crippen LogP contribution in [-0.2, 0) is 0 Å². The highest BCUT2D eigenvalue weighted by atomic mass is 35.5. The van der Waals surface area contributed by atoms with E-state index in [-0.39, 0.29) is 11.1 Å². The molecule has 0 amide bonds. The van der Waals surface area contributed by atoms with E-state index in [0.29, 0.717) is 10.6 Å². The third-order valence-corrected chi connectivity index (χ3v) is 3.97. The fraction of sp³-hybridized carbons (Fsp3) is 0.133. The van der Waals surface area contributed by atoms with Crippen molar-refractivity contribution < 1.29 is 4.39 Å². The number of nitrogens with one attached hydrogen (secondary N) is 2. The highest BCUT2D eigenvalue weighted by Crippen LogP contribution is 2.31. The van der Waals surface area contributed by atoms with Crippen LogP contribution in [0.1, 0.15) is 18.5 Å². The van der Waals surface area contributed by atoms with Crippen molar-refractivity contribution in [3.05, 3.63) is 58.0 Å². The summed E-state index contributed by atoms with van der Waals surface area (Å²) < 4.78 is 13.6. The summed E-state index contributed by atoms with van der Waals surface area (Å²) in [5, 5.41) is 11.7. The summed E-state index contributed by atoms with van der Waals surface area (Å²) >= 11 is 11.9. The first-order valence-electron chi connectivity index (χ1n) is 6.39. The van der Waals surface area contributed by atoms with E-state index in [9.17, 15) is 4.39 Å². The molecule has 3 aromatic rings. The Morgan fingerprint density at radius 3 is 2.86 bits per heavy atom. The van der Waals surface area contributed by atoms with E-state index in [2.05, 4.69) is 15.5 Å². The summed E-state index contributed by atoms with van der Waals surface area (Å²) in [6.45, 7) is 1.91. The molecular formula is C15H12Cl2FN3. The van der Waals surface area contributed by atoms with Crippen molar-refractivity contribution in [1.29, 1.82) is 0 Å². The Morgan fingerprint density at radius 1 is 1.24 bits per heavy atom. The number of anilines is 1. The van der Waals surface area contributed by atoms with Crippen LogP contribution in [0.15, 0.2) is 36.5 Å². The first kappa shape index (κ1) is 14.2. The van der Waals surface area contributed by atoms with Gasteiger partial charge in [-0.25, -0.2) is 4.39 Å². The van der Waals surface area contributed by atoms with E-state index >= 15 is 0 Å². The van der Waals surface area contributed by atoms with Crippen LogP contribution in [0.25, 0.3) is 10.9 Å². The van der Waals surface area contributed by atoms with Gasteiger partial charge < -0.3 is 5.32 Å². The number of fused-ring (bicyclic) bond motifs is 1. The van der Waals surface area contributed by atoms with Crippen molar-refractivity contribution in [2.75, 3.05) is 5.32 Å². The number of H-pyrrole nitrogens is 1. The van der Waals surface area contributed by atoms with Crippen LogP contribution in [0, 0.1) is 5.82 Å². The molecule has 1 heterocycles. The molecule has 0 radical (unpaired) electrons. The molecule has 2 aromatic carbocycles. The number of nitrogens with zero attached hydrogens (tertiary/aromatic N) is 1. The zero-order chi connectivity index (χ0) is 15.0. The fourth-order valence-corrected chi connectivity index (χ4v) is 2.82. The van der Waals surface area contributed by atoms with Crippen molar-refractivity contribution in [3.8, 4) is 0 Å². The van der Waals surface area contributed by atoms with Gasteiger partial charge in [0.2, 0.25) is 0 Å². The second kappa shape index (κ2) is 5.54. The van der Waals surface area contributed by atoms with Gasteiger partial charge in [-0.15, -0.1) is 0 Å². The monoisotopic (exact) mass is 323 g/mol. The topological polar surface area (TPSA) is 40.7 Å². The summed E-state index contributed by atoms with van der Waals surface area (Å²) in [5.74, 6) is -0.482. The average molecular weight is 324 g/mol. The number of hydrogen-bond acceptors (Lipinski definition) is 2. The Bertz CT molecular complexity index is 801. The number of para-hydroxylation sites is 1. The van der Waals surface area contributed by atoms with Crippen molar-refractivity contribution in [3.63, 3.8) is 0 Å². The molecular weight excluding hydrogens is 312 g/mol. The Labute approximate surface area is 131 Å². The molecule has 0 fully saturated rings. The van der Waals surface area contributed by atoms with Gasteiger partial charge >= 0.3 is 0 Å². The smallest absolute Gasteiger partial charge is 0.142 e. The van der Waals surface area contributed by atoms with E-state index in [1.54, 1.807) is 6.20 Å². The average Bonchev–Trinajstić information content (AvgIpc) is 2.92. The standard InChI is InChI=1S/C15H12Cl2FN3/c1-8(10-5-13(18)12(17)6-11(10)16)20-14-4-2-3-9-7-19-21-15(9)14/h2-8,20H,1H3,(H,19,21). The lowest BCUT2D eigenvalue weighted by molar-refractivity contribution is 0.624. The first-order valence-corrected chi connectivity index (χ1v) is 7.15. The molecule has 0 aliphatic rings. The molecule has 1 atom stereocenters. The largest absolute Gasteiger partial charge is 0.377 e. The van der Waals surface area contributed by atoms with Crippen molar-refractivity contribution in [2.24, 2.45) is 0 Å². The molecule has 2 N–H and O–H groups in total. The fourth-order valence-electron chi connectivity index (χ4n) is 2.27. The van der Waals surface area contributed by atoms with E-state index in [1.165, 1.54) is 12.1 Å². The van der Waals surface area contributed by atoms with Crippen LogP contribution < -0.4 is 5.32 Å². The maximum Gasteiger partial charge on any atom is 0.142 e. The molecule has 3 nitrogen and oxygen atoms in total. The minimum atomic E-state index is -0.482. The second-order valence-electron chi connectivity index (χ2n) is 4.79. The first-order chi connectivity index (χ1) is 10.1. The number of aromatic amines is 1. The zero-order valence-corrected chi connectivity index (χ0v) is 12.6. The van der Waals surface area contributed by atoms with Crippen molar-refractivity contribution >= 4 is 39.8 Å². The highest BCUT2D eigenvalue weighted by Gasteiger charge is 2.14.